The van der Waals surface area contributed by atoms with Gasteiger partial charge in [-0.2, -0.15) is 0 Å². The summed E-state index contributed by atoms with van der Waals surface area (Å²) in [6.07, 6.45) is 5.84. The Morgan fingerprint density at radius 1 is 1.10 bits per heavy atom. The zero-order valence-electron chi connectivity index (χ0n) is 6.72. The summed E-state index contributed by atoms with van der Waals surface area (Å²) in [6, 6.07) is 0.458. The fourth-order valence-corrected chi connectivity index (χ4v) is 2.21. The molecular weight excluding hydrogens is 122 g/mol. The van der Waals surface area contributed by atoms with E-state index in [9.17, 15) is 0 Å². The molecule has 10 heavy (non-hydrogen) atoms. The van der Waals surface area contributed by atoms with E-state index in [1.807, 2.05) is 0 Å². The van der Waals surface area contributed by atoms with E-state index in [-0.39, 0.29) is 0 Å². The second kappa shape index (κ2) is 2.23. The average molecular weight is 139 g/mol. The Labute approximate surface area is 63.0 Å². The summed E-state index contributed by atoms with van der Waals surface area (Å²) >= 11 is 0. The minimum Gasteiger partial charge on any atom is -0.328 e. The van der Waals surface area contributed by atoms with Crippen molar-refractivity contribution in [3.05, 3.63) is 0 Å². The molecule has 58 valence electrons. The van der Waals surface area contributed by atoms with Gasteiger partial charge in [0.25, 0.3) is 0 Å². The Morgan fingerprint density at radius 2 is 1.50 bits per heavy atom. The Kier molecular flexibility index (Phi) is 1.48. The highest BCUT2D eigenvalue weighted by Gasteiger charge is 2.42. The maximum absolute atomic E-state index is 5.92. The summed E-state index contributed by atoms with van der Waals surface area (Å²) in [4.78, 5) is 0. The van der Waals surface area contributed by atoms with Gasteiger partial charge in [0, 0.05) is 6.04 Å². The lowest BCUT2D eigenvalue weighted by Crippen LogP contribution is -2.29. The highest BCUT2D eigenvalue weighted by atomic mass is 14.7. The van der Waals surface area contributed by atoms with Crippen LogP contribution in [0.4, 0.5) is 0 Å². The monoisotopic (exact) mass is 139 g/mol. The van der Waals surface area contributed by atoms with Crippen LogP contribution in [0.25, 0.3) is 0 Å². The van der Waals surface area contributed by atoms with Crippen LogP contribution in [0.15, 0.2) is 0 Å². The first-order valence-corrected chi connectivity index (χ1v) is 4.54. The third-order valence-electron chi connectivity index (χ3n) is 2.94. The van der Waals surface area contributed by atoms with Crippen LogP contribution in [0.3, 0.4) is 0 Å². The highest BCUT2D eigenvalue weighted by Crippen LogP contribution is 2.50. The van der Waals surface area contributed by atoms with Crippen molar-refractivity contribution in [2.45, 2.75) is 38.6 Å². The average Bonchev–Trinajstić information content (AvgIpc) is 2.49. The predicted molar refractivity (Wildman–Crippen MR) is 42.6 cm³/mol. The van der Waals surface area contributed by atoms with Crippen molar-refractivity contribution < 1.29 is 0 Å². The van der Waals surface area contributed by atoms with Crippen molar-refractivity contribution in [2.24, 2.45) is 23.5 Å². The molecule has 0 spiro atoms. The zero-order valence-corrected chi connectivity index (χ0v) is 6.72. The van der Waals surface area contributed by atoms with Gasteiger partial charge in [0.2, 0.25) is 0 Å². The summed E-state index contributed by atoms with van der Waals surface area (Å²) in [5, 5.41) is 0. The van der Waals surface area contributed by atoms with E-state index < -0.39 is 0 Å². The molecule has 0 amide bonds. The van der Waals surface area contributed by atoms with Crippen molar-refractivity contribution in [1.29, 1.82) is 0 Å². The minimum atomic E-state index is 0.458. The van der Waals surface area contributed by atoms with Crippen molar-refractivity contribution >= 4 is 0 Å². The quantitative estimate of drug-likeness (QED) is 0.633. The zero-order chi connectivity index (χ0) is 7.14. The van der Waals surface area contributed by atoms with Crippen LogP contribution >= 0.6 is 0 Å². The van der Waals surface area contributed by atoms with E-state index in [0.717, 1.165) is 17.8 Å². The fraction of sp³-hybridized carbons (Fsp3) is 1.00. The van der Waals surface area contributed by atoms with Gasteiger partial charge in [-0.05, 0) is 50.4 Å². The summed E-state index contributed by atoms with van der Waals surface area (Å²) in [6.45, 7) is 2.18. The van der Waals surface area contributed by atoms with Gasteiger partial charge < -0.3 is 5.73 Å². The van der Waals surface area contributed by atoms with E-state index in [1.54, 1.807) is 0 Å². The third kappa shape index (κ3) is 1.20. The lowest BCUT2D eigenvalue weighted by molar-refractivity contribution is 0.346. The molecule has 0 bridgehead atoms. The van der Waals surface area contributed by atoms with E-state index in [1.165, 1.54) is 25.7 Å². The van der Waals surface area contributed by atoms with Gasteiger partial charge in [0.15, 0.2) is 0 Å². The molecule has 2 aliphatic rings. The number of rotatable bonds is 3. The lowest BCUT2D eigenvalue weighted by Gasteiger charge is -2.19. The van der Waals surface area contributed by atoms with Crippen LogP contribution in [-0.4, -0.2) is 6.04 Å². The van der Waals surface area contributed by atoms with Gasteiger partial charge in [-0.15, -0.1) is 0 Å². The smallest absolute Gasteiger partial charge is 0.00440 e. The predicted octanol–water partition coefficient (Wildman–Crippen LogP) is 1.77. The van der Waals surface area contributed by atoms with Crippen molar-refractivity contribution in [1.82, 2.24) is 0 Å². The van der Waals surface area contributed by atoms with Gasteiger partial charge in [0.05, 0.1) is 0 Å². The molecule has 1 nitrogen and oxygen atoms in total. The minimum absolute atomic E-state index is 0.458. The molecule has 2 fully saturated rings. The third-order valence-corrected chi connectivity index (χ3v) is 2.94. The van der Waals surface area contributed by atoms with E-state index in [0.29, 0.717) is 6.04 Å². The first-order chi connectivity index (χ1) is 4.79. The highest BCUT2D eigenvalue weighted by molar-refractivity contribution is 4.94. The van der Waals surface area contributed by atoms with Crippen molar-refractivity contribution in [2.75, 3.05) is 0 Å². The summed E-state index contributed by atoms with van der Waals surface area (Å²) in [5.41, 5.74) is 5.92. The first kappa shape index (κ1) is 6.66. The Morgan fingerprint density at radius 3 is 1.70 bits per heavy atom. The van der Waals surface area contributed by atoms with Gasteiger partial charge in [-0.1, -0.05) is 0 Å². The fourth-order valence-electron chi connectivity index (χ4n) is 2.21. The topological polar surface area (TPSA) is 26.0 Å². The lowest BCUT2D eigenvalue weighted by atomic mass is 9.91. The molecule has 0 heterocycles. The van der Waals surface area contributed by atoms with Crippen LogP contribution in [0.5, 0.6) is 0 Å². The molecule has 2 rings (SSSR count). The summed E-state index contributed by atoms with van der Waals surface area (Å²) in [5.74, 6) is 2.93. The largest absolute Gasteiger partial charge is 0.328 e. The van der Waals surface area contributed by atoms with Crippen molar-refractivity contribution in [3.63, 3.8) is 0 Å². The molecule has 2 N–H and O–H groups in total. The SMILES string of the molecule is C[C@@H](N)C(C1CC1)C1CC1. The normalized spacial score (nSPS) is 29.1. The van der Waals surface area contributed by atoms with Gasteiger partial charge in [0.1, 0.15) is 0 Å². The maximum Gasteiger partial charge on any atom is 0.00440 e. The second-order valence-corrected chi connectivity index (χ2v) is 4.11. The molecule has 0 unspecified atom stereocenters. The molecule has 2 aliphatic carbocycles. The molecule has 0 radical (unpaired) electrons. The van der Waals surface area contributed by atoms with Gasteiger partial charge in [-0.3, -0.25) is 0 Å². The molecule has 0 aliphatic heterocycles. The Hall–Kier alpha value is -0.0400. The van der Waals surface area contributed by atoms with Crippen LogP contribution in [0.1, 0.15) is 32.6 Å². The second-order valence-electron chi connectivity index (χ2n) is 4.11. The molecule has 0 saturated heterocycles. The molecular formula is C9H17N. The van der Waals surface area contributed by atoms with E-state index in [4.69, 9.17) is 5.73 Å². The van der Waals surface area contributed by atoms with Gasteiger partial charge in [-0.25, -0.2) is 0 Å². The number of nitrogens with two attached hydrogens (primary N) is 1. The van der Waals surface area contributed by atoms with Crippen LogP contribution in [0.2, 0.25) is 0 Å². The Balaban J connectivity index is 1.92. The summed E-state index contributed by atoms with van der Waals surface area (Å²) < 4.78 is 0. The number of hydrogen-bond donors (Lipinski definition) is 1. The molecule has 2 saturated carbocycles. The maximum atomic E-state index is 5.92. The van der Waals surface area contributed by atoms with Crippen molar-refractivity contribution in [3.8, 4) is 0 Å². The van der Waals surface area contributed by atoms with Crippen LogP contribution < -0.4 is 5.73 Å². The van der Waals surface area contributed by atoms with Gasteiger partial charge >= 0.3 is 0 Å². The molecule has 0 aromatic rings. The first-order valence-electron chi connectivity index (χ1n) is 4.54. The van der Waals surface area contributed by atoms with E-state index >= 15 is 0 Å². The molecule has 1 atom stereocenters. The summed E-state index contributed by atoms with van der Waals surface area (Å²) in [7, 11) is 0. The van der Waals surface area contributed by atoms with Crippen LogP contribution in [0, 0.1) is 17.8 Å². The molecule has 0 aromatic heterocycles. The Bertz CT molecular complexity index is 108. The standard InChI is InChI=1S/C9H17N/c1-6(10)9(7-2-3-7)8-4-5-8/h6-9H,2-5,10H2,1H3/t6-/m1/s1. The number of hydrogen-bond acceptors (Lipinski definition) is 1. The molecule has 1 heteroatoms. The molecule has 0 aromatic carbocycles. The van der Waals surface area contributed by atoms with E-state index in [2.05, 4.69) is 6.92 Å². The van der Waals surface area contributed by atoms with Crippen LogP contribution in [-0.2, 0) is 0 Å².